The molecule has 12 heteroatoms. The highest BCUT2D eigenvalue weighted by Crippen LogP contribution is 2.31. The van der Waals surface area contributed by atoms with Crippen molar-refractivity contribution in [1.29, 1.82) is 0 Å². The van der Waals surface area contributed by atoms with E-state index in [0.29, 0.717) is 23.4 Å². The fourth-order valence-corrected chi connectivity index (χ4v) is 3.95. The molecule has 7 nitrogen and oxygen atoms in total. The van der Waals surface area contributed by atoms with Gasteiger partial charge in [0.2, 0.25) is 5.91 Å². The number of halogens is 4. The molecule has 0 spiro atoms. The molecule has 0 aliphatic heterocycles. The monoisotopic (exact) mass is 526 g/mol. The number of hydrogen-bond acceptors (Lipinski definition) is 6. The van der Waals surface area contributed by atoms with E-state index in [9.17, 15) is 26.4 Å². The van der Waals surface area contributed by atoms with Gasteiger partial charge in [0.15, 0.2) is 5.75 Å². The first-order valence-corrected chi connectivity index (χ1v) is 11.6. The Kier molecular flexibility index (Phi) is 8.03. The minimum atomic E-state index is -4.61. The van der Waals surface area contributed by atoms with Crippen LogP contribution in [-0.4, -0.2) is 27.6 Å². The number of alkyl halides is 3. The molecule has 0 aliphatic rings. The highest BCUT2D eigenvalue weighted by Gasteiger charge is 2.31. The van der Waals surface area contributed by atoms with Crippen LogP contribution in [-0.2, 0) is 27.5 Å². The number of amides is 1. The van der Waals surface area contributed by atoms with E-state index in [1.165, 1.54) is 25.3 Å². The van der Waals surface area contributed by atoms with Crippen LogP contribution in [0.2, 0.25) is 5.02 Å². The molecule has 1 N–H and O–H groups in total. The molecular formula is C23H18ClF3N2O5S. The summed E-state index contributed by atoms with van der Waals surface area (Å²) in [5, 5.41) is 3.95. The molecule has 1 amide bonds. The third-order valence-corrected chi connectivity index (χ3v) is 6.02. The summed E-state index contributed by atoms with van der Waals surface area (Å²) in [6.07, 6.45) is -3.45. The first-order valence-electron chi connectivity index (χ1n) is 9.84. The summed E-state index contributed by atoms with van der Waals surface area (Å²) in [5.41, 5.74) is 2.15. The van der Waals surface area contributed by atoms with Crippen molar-refractivity contribution in [2.24, 2.45) is 5.10 Å². The van der Waals surface area contributed by atoms with E-state index in [-0.39, 0.29) is 22.8 Å². The van der Waals surface area contributed by atoms with Crippen LogP contribution in [0.3, 0.4) is 0 Å². The fraction of sp³-hybridized carbons (Fsp3) is 0.130. The maximum absolute atomic E-state index is 12.7. The quantitative estimate of drug-likeness (QED) is 0.258. The van der Waals surface area contributed by atoms with Crippen LogP contribution < -0.4 is 14.3 Å². The Labute approximate surface area is 204 Å². The lowest BCUT2D eigenvalue weighted by molar-refractivity contribution is -0.137. The molecule has 3 aromatic rings. The molecule has 3 rings (SSSR count). The average Bonchev–Trinajstić information content (AvgIpc) is 2.80. The number of rotatable bonds is 8. The second kappa shape index (κ2) is 10.8. The van der Waals surface area contributed by atoms with Gasteiger partial charge in [-0.25, -0.2) is 5.43 Å². The first kappa shape index (κ1) is 26.0. The molecular weight excluding hydrogens is 509 g/mol. The van der Waals surface area contributed by atoms with Crippen LogP contribution in [0.1, 0.15) is 16.7 Å². The molecule has 35 heavy (non-hydrogen) atoms. The Morgan fingerprint density at radius 3 is 2.46 bits per heavy atom. The summed E-state index contributed by atoms with van der Waals surface area (Å²) in [5.74, 6) is -0.0810. The van der Waals surface area contributed by atoms with Crippen LogP contribution in [0, 0.1) is 0 Å². The van der Waals surface area contributed by atoms with Gasteiger partial charge in [-0.1, -0.05) is 23.7 Å². The van der Waals surface area contributed by atoms with Crippen molar-refractivity contribution >= 4 is 33.8 Å². The van der Waals surface area contributed by atoms with Crippen LogP contribution >= 0.6 is 11.6 Å². The smallest absolute Gasteiger partial charge is 0.416 e. The molecule has 0 heterocycles. The normalized spacial score (nSPS) is 11.9. The van der Waals surface area contributed by atoms with Gasteiger partial charge in [-0.15, -0.1) is 0 Å². The molecule has 0 saturated heterocycles. The molecule has 0 radical (unpaired) electrons. The molecule has 0 bridgehead atoms. The van der Waals surface area contributed by atoms with E-state index in [2.05, 4.69) is 10.5 Å². The molecule has 0 saturated carbocycles. The standard InChI is InChI=1S/C23H18ClF3N2O5S/c1-33-19-4-2-3-15(11-19)12-22(30)29-28-14-16-5-8-18(24)13-21(16)34-35(31,32)20-9-6-17(7-10-20)23(25,26)27/h2-11,13-14H,12H2,1H3,(H,29,30)/b28-14+. The van der Waals surface area contributed by atoms with Gasteiger partial charge in [-0.2, -0.15) is 26.7 Å². The molecule has 0 fully saturated rings. The summed E-state index contributed by atoms with van der Waals surface area (Å²) in [7, 11) is -2.98. The van der Waals surface area contributed by atoms with E-state index >= 15 is 0 Å². The van der Waals surface area contributed by atoms with Crippen molar-refractivity contribution in [1.82, 2.24) is 5.43 Å². The van der Waals surface area contributed by atoms with E-state index in [0.717, 1.165) is 18.3 Å². The molecule has 3 aromatic carbocycles. The lowest BCUT2D eigenvalue weighted by Gasteiger charge is -2.11. The maximum atomic E-state index is 12.7. The van der Waals surface area contributed by atoms with E-state index in [4.69, 9.17) is 20.5 Å². The maximum Gasteiger partial charge on any atom is 0.416 e. The lowest BCUT2D eigenvalue weighted by atomic mass is 10.1. The first-order chi connectivity index (χ1) is 16.5. The van der Waals surface area contributed by atoms with Crippen molar-refractivity contribution in [2.45, 2.75) is 17.5 Å². The number of hydrogen-bond donors (Lipinski definition) is 1. The highest BCUT2D eigenvalue weighted by molar-refractivity contribution is 7.87. The van der Waals surface area contributed by atoms with Gasteiger partial charge in [0.05, 0.1) is 25.3 Å². The van der Waals surface area contributed by atoms with Gasteiger partial charge >= 0.3 is 16.3 Å². The van der Waals surface area contributed by atoms with Crippen LogP contribution in [0.5, 0.6) is 11.5 Å². The van der Waals surface area contributed by atoms with Crippen LogP contribution in [0.4, 0.5) is 13.2 Å². The van der Waals surface area contributed by atoms with Crippen molar-refractivity contribution in [3.63, 3.8) is 0 Å². The average molecular weight is 527 g/mol. The second-order valence-corrected chi connectivity index (χ2v) is 9.05. The van der Waals surface area contributed by atoms with Crippen LogP contribution in [0.15, 0.2) is 76.7 Å². The minimum absolute atomic E-state index is 0.0147. The second-order valence-electron chi connectivity index (χ2n) is 7.06. The van der Waals surface area contributed by atoms with E-state index in [1.54, 1.807) is 24.3 Å². The Bertz CT molecular complexity index is 1340. The minimum Gasteiger partial charge on any atom is -0.497 e. The SMILES string of the molecule is COc1cccc(CC(=O)N/N=C/c2ccc(Cl)cc2OS(=O)(=O)c2ccc(C(F)(F)F)cc2)c1. The van der Waals surface area contributed by atoms with E-state index in [1.807, 2.05) is 0 Å². The Morgan fingerprint density at radius 1 is 1.09 bits per heavy atom. The zero-order valence-corrected chi connectivity index (χ0v) is 19.6. The van der Waals surface area contributed by atoms with E-state index < -0.39 is 32.7 Å². The number of benzene rings is 3. The summed E-state index contributed by atoms with van der Waals surface area (Å²) in [6, 6.07) is 13.8. The number of methoxy groups -OCH3 is 1. The van der Waals surface area contributed by atoms with Crippen LogP contribution in [0.25, 0.3) is 0 Å². The van der Waals surface area contributed by atoms with Gasteiger partial charge in [0.1, 0.15) is 10.6 Å². The largest absolute Gasteiger partial charge is 0.497 e. The molecule has 0 unspecified atom stereocenters. The summed E-state index contributed by atoms with van der Waals surface area (Å²) >= 11 is 5.94. The number of nitrogens with one attached hydrogen (secondary N) is 1. The van der Waals surface area contributed by atoms with Crippen molar-refractivity contribution in [3.05, 3.63) is 88.4 Å². The van der Waals surface area contributed by atoms with Gasteiger partial charge < -0.3 is 8.92 Å². The highest BCUT2D eigenvalue weighted by atomic mass is 35.5. The van der Waals surface area contributed by atoms with Crippen molar-refractivity contribution in [2.75, 3.05) is 7.11 Å². The summed E-state index contributed by atoms with van der Waals surface area (Å²) in [6.45, 7) is 0. The predicted molar refractivity (Wildman–Crippen MR) is 123 cm³/mol. The van der Waals surface area contributed by atoms with Gasteiger partial charge in [-0.05, 0) is 54.1 Å². The lowest BCUT2D eigenvalue weighted by Crippen LogP contribution is -2.20. The summed E-state index contributed by atoms with van der Waals surface area (Å²) in [4.78, 5) is 11.7. The topological polar surface area (TPSA) is 94.1 Å². The Balaban J connectivity index is 1.73. The zero-order chi connectivity index (χ0) is 25.6. The van der Waals surface area contributed by atoms with Crippen molar-refractivity contribution in [3.8, 4) is 11.5 Å². The Morgan fingerprint density at radius 2 is 1.80 bits per heavy atom. The zero-order valence-electron chi connectivity index (χ0n) is 18.0. The summed E-state index contributed by atoms with van der Waals surface area (Å²) < 4.78 is 73.6. The number of hydrazone groups is 1. The number of carbonyl (C=O) groups excluding carboxylic acids is 1. The third-order valence-electron chi connectivity index (χ3n) is 4.54. The predicted octanol–water partition coefficient (Wildman–Crippen LogP) is 4.83. The van der Waals surface area contributed by atoms with Crippen molar-refractivity contribution < 1.29 is 35.3 Å². The molecule has 184 valence electrons. The molecule has 0 aromatic heterocycles. The fourth-order valence-electron chi connectivity index (χ4n) is 2.85. The number of carbonyl (C=O) groups is 1. The third kappa shape index (κ3) is 7.20. The Hall–Kier alpha value is -3.57. The van der Waals surface area contributed by atoms with Gasteiger partial charge in [0, 0.05) is 16.7 Å². The number of ether oxygens (including phenoxy) is 1. The van der Waals surface area contributed by atoms with Gasteiger partial charge in [0.25, 0.3) is 0 Å². The number of nitrogens with zero attached hydrogens (tertiary/aromatic N) is 1. The molecule has 0 atom stereocenters. The molecule has 0 aliphatic carbocycles. The van der Waals surface area contributed by atoms with Gasteiger partial charge in [-0.3, -0.25) is 4.79 Å².